The molecule has 0 unspecified atom stereocenters. The predicted molar refractivity (Wildman–Crippen MR) is 62.1 cm³/mol. The van der Waals surface area contributed by atoms with Crippen molar-refractivity contribution < 1.29 is 4.74 Å². The Morgan fingerprint density at radius 1 is 1.27 bits per heavy atom. The standard InChI is InChI=1S/C13H19NO/c1-10-6-5-7-11(15-2)12(10)13(14)8-3-4-9-13/h5-7H,3-4,8-9,14H2,1-2H3. The molecule has 0 amide bonds. The highest BCUT2D eigenvalue weighted by Gasteiger charge is 2.34. The Labute approximate surface area is 91.4 Å². The number of hydrogen-bond acceptors (Lipinski definition) is 2. The van der Waals surface area contributed by atoms with Gasteiger partial charge in [-0.05, 0) is 31.4 Å². The van der Waals surface area contributed by atoms with Crippen molar-refractivity contribution in [3.8, 4) is 5.75 Å². The van der Waals surface area contributed by atoms with Crippen molar-refractivity contribution >= 4 is 0 Å². The van der Waals surface area contributed by atoms with E-state index in [1.807, 2.05) is 12.1 Å². The Morgan fingerprint density at radius 3 is 2.53 bits per heavy atom. The molecule has 2 heteroatoms. The topological polar surface area (TPSA) is 35.2 Å². The highest BCUT2D eigenvalue weighted by molar-refractivity contribution is 5.45. The lowest BCUT2D eigenvalue weighted by Gasteiger charge is -2.28. The fourth-order valence-corrected chi connectivity index (χ4v) is 2.70. The summed E-state index contributed by atoms with van der Waals surface area (Å²) in [4.78, 5) is 0. The van der Waals surface area contributed by atoms with Crippen molar-refractivity contribution in [1.82, 2.24) is 0 Å². The summed E-state index contributed by atoms with van der Waals surface area (Å²) in [6.45, 7) is 2.12. The van der Waals surface area contributed by atoms with Gasteiger partial charge in [-0.3, -0.25) is 0 Å². The maximum atomic E-state index is 6.48. The molecule has 1 fully saturated rings. The lowest BCUT2D eigenvalue weighted by molar-refractivity contribution is 0.378. The summed E-state index contributed by atoms with van der Waals surface area (Å²) in [5.74, 6) is 0.944. The van der Waals surface area contributed by atoms with Crippen molar-refractivity contribution in [1.29, 1.82) is 0 Å². The Kier molecular flexibility index (Phi) is 2.70. The molecule has 1 aromatic carbocycles. The van der Waals surface area contributed by atoms with Gasteiger partial charge in [0.15, 0.2) is 0 Å². The molecule has 0 spiro atoms. The fraction of sp³-hybridized carbons (Fsp3) is 0.538. The Balaban J connectivity index is 2.49. The summed E-state index contributed by atoms with van der Waals surface area (Å²) < 4.78 is 5.42. The lowest BCUT2D eigenvalue weighted by atomic mass is 9.85. The first-order valence-corrected chi connectivity index (χ1v) is 5.60. The van der Waals surface area contributed by atoms with E-state index in [9.17, 15) is 0 Å². The first-order chi connectivity index (χ1) is 7.17. The van der Waals surface area contributed by atoms with Gasteiger partial charge in [-0.25, -0.2) is 0 Å². The summed E-state index contributed by atoms with van der Waals surface area (Å²) in [7, 11) is 1.72. The molecule has 0 aliphatic heterocycles. The zero-order valence-corrected chi connectivity index (χ0v) is 9.55. The first-order valence-electron chi connectivity index (χ1n) is 5.60. The van der Waals surface area contributed by atoms with Crippen LogP contribution < -0.4 is 10.5 Å². The number of ether oxygens (including phenoxy) is 1. The number of hydrogen-bond donors (Lipinski definition) is 1. The third-order valence-electron chi connectivity index (χ3n) is 3.45. The van der Waals surface area contributed by atoms with E-state index in [0.29, 0.717) is 0 Å². The van der Waals surface area contributed by atoms with Crippen molar-refractivity contribution in [2.24, 2.45) is 5.73 Å². The minimum absolute atomic E-state index is 0.156. The van der Waals surface area contributed by atoms with Crippen LogP contribution in [0.25, 0.3) is 0 Å². The van der Waals surface area contributed by atoms with Crippen LogP contribution in [0.15, 0.2) is 18.2 Å². The maximum Gasteiger partial charge on any atom is 0.124 e. The quantitative estimate of drug-likeness (QED) is 0.805. The van der Waals surface area contributed by atoms with Gasteiger partial charge in [0.1, 0.15) is 5.75 Å². The molecule has 1 aliphatic rings. The molecule has 0 aromatic heterocycles. The van der Waals surface area contributed by atoms with Gasteiger partial charge < -0.3 is 10.5 Å². The Hall–Kier alpha value is -1.02. The van der Waals surface area contributed by atoms with Crippen LogP contribution in [-0.4, -0.2) is 7.11 Å². The van der Waals surface area contributed by atoms with Crippen molar-refractivity contribution in [2.45, 2.75) is 38.1 Å². The molecule has 0 radical (unpaired) electrons. The lowest BCUT2D eigenvalue weighted by Crippen LogP contribution is -2.34. The molecule has 2 N–H and O–H groups in total. The van der Waals surface area contributed by atoms with E-state index >= 15 is 0 Å². The van der Waals surface area contributed by atoms with Crippen LogP contribution in [0.1, 0.15) is 36.8 Å². The summed E-state index contributed by atoms with van der Waals surface area (Å²) in [5.41, 5.74) is 8.78. The summed E-state index contributed by atoms with van der Waals surface area (Å²) in [6, 6.07) is 6.15. The van der Waals surface area contributed by atoms with Crippen LogP contribution >= 0.6 is 0 Å². The fourth-order valence-electron chi connectivity index (χ4n) is 2.70. The number of benzene rings is 1. The van der Waals surface area contributed by atoms with Gasteiger partial charge in [0.2, 0.25) is 0 Å². The minimum Gasteiger partial charge on any atom is -0.496 e. The van der Waals surface area contributed by atoms with Crippen LogP contribution in [0, 0.1) is 6.92 Å². The van der Waals surface area contributed by atoms with E-state index in [4.69, 9.17) is 10.5 Å². The third kappa shape index (κ3) is 1.74. The van der Waals surface area contributed by atoms with E-state index in [0.717, 1.165) is 18.6 Å². The molecule has 0 heterocycles. The Morgan fingerprint density at radius 2 is 1.93 bits per heavy atom. The summed E-state index contributed by atoms with van der Waals surface area (Å²) in [6.07, 6.45) is 4.62. The van der Waals surface area contributed by atoms with Crippen LogP contribution in [0.2, 0.25) is 0 Å². The third-order valence-corrected chi connectivity index (χ3v) is 3.45. The minimum atomic E-state index is -0.156. The van der Waals surface area contributed by atoms with Gasteiger partial charge >= 0.3 is 0 Å². The van der Waals surface area contributed by atoms with Crippen LogP contribution in [-0.2, 0) is 5.54 Å². The normalized spacial score (nSPS) is 19.1. The summed E-state index contributed by atoms with van der Waals surface area (Å²) >= 11 is 0. The van der Waals surface area contributed by atoms with Crippen molar-refractivity contribution in [2.75, 3.05) is 7.11 Å². The molecule has 0 bridgehead atoms. The molecular formula is C13H19NO. The molecule has 0 atom stereocenters. The molecule has 1 saturated carbocycles. The highest BCUT2D eigenvalue weighted by Crippen LogP contribution is 2.41. The monoisotopic (exact) mass is 205 g/mol. The van der Waals surface area contributed by atoms with Gasteiger partial charge in [-0.1, -0.05) is 25.0 Å². The second-order valence-electron chi connectivity index (χ2n) is 4.52. The van der Waals surface area contributed by atoms with E-state index in [1.54, 1.807) is 7.11 Å². The van der Waals surface area contributed by atoms with Crippen LogP contribution in [0.4, 0.5) is 0 Å². The van der Waals surface area contributed by atoms with Crippen molar-refractivity contribution in [3.63, 3.8) is 0 Å². The number of methoxy groups -OCH3 is 1. The van der Waals surface area contributed by atoms with E-state index < -0.39 is 0 Å². The maximum absolute atomic E-state index is 6.48. The molecule has 2 rings (SSSR count). The zero-order chi connectivity index (χ0) is 10.9. The zero-order valence-electron chi connectivity index (χ0n) is 9.55. The van der Waals surface area contributed by atoms with Gasteiger partial charge in [-0.2, -0.15) is 0 Å². The molecule has 1 aliphatic carbocycles. The molecule has 82 valence electrons. The van der Waals surface area contributed by atoms with Crippen LogP contribution in [0.5, 0.6) is 5.75 Å². The number of aryl methyl sites for hydroxylation is 1. The SMILES string of the molecule is COc1cccc(C)c1C1(N)CCCC1. The number of nitrogens with two attached hydrogens (primary N) is 1. The van der Waals surface area contributed by atoms with Gasteiger partial charge in [0.05, 0.1) is 7.11 Å². The molecule has 15 heavy (non-hydrogen) atoms. The van der Waals surface area contributed by atoms with Crippen LogP contribution in [0.3, 0.4) is 0 Å². The van der Waals surface area contributed by atoms with E-state index in [-0.39, 0.29) is 5.54 Å². The van der Waals surface area contributed by atoms with E-state index in [2.05, 4.69) is 13.0 Å². The molecule has 0 saturated heterocycles. The molecule has 1 aromatic rings. The molecular weight excluding hydrogens is 186 g/mol. The van der Waals surface area contributed by atoms with Gasteiger partial charge in [-0.15, -0.1) is 0 Å². The number of rotatable bonds is 2. The first kappa shape index (κ1) is 10.5. The summed E-state index contributed by atoms with van der Waals surface area (Å²) in [5, 5.41) is 0. The predicted octanol–water partition coefficient (Wildman–Crippen LogP) is 2.73. The van der Waals surface area contributed by atoms with Gasteiger partial charge in [0, 0.05) is 11.1 Å². The van der Waals surface area contributed by atoms with Crippen molar-refractivity contribution in [3.05, 3.63) is 29.3 Å². The largest absolute Gasteiger partial charge is 0.496 e. The Bertz CT molecular complexity index is 354. The smallest absolute Gasteiger partial charge is 0.124 e. The molecule has 2 nitrogen and oxygen atoms in total. The average Bonchev–Trinajstić information content (AvgIpc) is 2.65. The second-order valence-corrected chi connectivity index (χ2v) is 4.52. The van der Waals surface area contributed by atoms with Gasteiger partial charge in [0.25, 0.3) is 0 Å². The average molecular weight is 205 g/mol. The second kappa shape index (κ2) is 3.86. The van der Waals surface area contributed by atoms with E-state index in [1.165, 1.54) is 24.0 Å². The highest BCUT2D eigenvalue weighted by atomic mass is 16.5.